The fourth-order valence-corrected chi connectivity index (χ4v) is 2.89. The van der Waals surface area contributed by atoms with Crippen molar-refractivity contribution in [2.45, 2.75) is 0 Å². The first-order valence-electron chi connectivity index (χ1n) is 9.09. The molecule has 0 saturated heterocycles. The van der Waals surface area contributed by atoms with E-state index in [0.717, 1.165) is 0 Å². The topological polar surface area (TPSA) is 63.7 Å². The minimum absolute atomic E-state index is 0.0370. The highest BCUT2D eigenvalue weighted by molar-refractivity contribution is 6.30. The number of pyridine rings is 1. The SMILES string of the molecule is COc1cc2nccc(Oc3ccc(F)c(Cl)c3)c2cc1NC(=O)/C=C/CN(C)C. The second kappa shape index (κ2) is 9.56. The number of rotatable bonds is 7. The lowest BCUT2D eigenvalue weighted by Crippen LogP contribution is -2.13. The number of fused-ring (bicyclic) bond motifs is 1. The summed E-state index contributed by atoms with van der Waals surface area (Å²) in [6, 6.07) is 9.21. The van der Waals surface area contributed by atoms with Crippen molar-refractivity contribution < 1.29 is 18.7 Å². The third kappa shape index (κ3) is 5.25. The number of hydrogen-bond acceptors (Lipinski definition) is 5. The molecule has 1 N–H and O–H groups in total. The van der Waals surface area contributed by atoms with Gasteiger partial charge in [0.25, 0.3) is 0 Å². The molecule has 0 unspecified atom stereocenters. The summed E-state index contributed by atoms with van der Waals surface area (Å²) in [5.74, 6) is 0.504. The fraction of sp³-hybridized carbons (Fsp3) is 0.182. The van der Waals surface area contributed by atoms with Gasteiger partial charge < -0.3 is 19.7 Å². The Bertz CT molecular complexity index is 1100. The molecular formula is C22H21ClFN3O3. The summed E-state index contributed by atoms with van der Waals surface area (Å²) < 4.78 is 24.7. The summed E-state index contributed by atoms with van der Waals surface area (Å²) in [6.45, 7) is 0.643. The number of nitrogens with zero attached hydrogens (tertiary/aromatic N) is 2. The highest BCUT2D eigenvalue weighted by Crippen LogP contribution is 2.36. The fourth-order valence-electron chi connectivity index (χ4n) is 2.72. The van der Waals surface area contributed by atoms with E-state index in [4.69, 9.17) is 21.1 Å². The van der Waals surface area contributed by atoms with Crippen molar-refractivity contribution in [3.8, 4) is 17.2 Å². The molecule has 0 aliphatic carbocycles. The molecule has 0 fully saturated rings. The molecule has 156 valence electrons. The zero-order chi connectivity index (χ0) is 21.7. The van der Waals surface area contributed by atoms with Crippen LogP contribution in [0.25, 0.3) is 10.9 Å². The van der Waals surface area contributed by atoms with E-state index in [1.807, 2.05) is 19.0 Å². The van der Waals surface area contributed by atoms with Gasteiger partial charge in [-0.15, -0.1) is 0 Å². The Morgan fingerprint density at radius 3 is 2.73 bits per heavy atom. The van der Waals surface area contributed by atoms with Crippen LogP contribution in [0.4, 0.5) is 10.1 Å². The standard InChI is InChI=1S/C22H21ClFN3O3/c1-27(2)10-4-5-22(28)26-19-12-15-18(13-21(19)29-3)25-9-8-20(15)30-14-6-7-17(24)16(23)11-14/h4-9,11-13H,10H2,1-3H3,(H,26,28)/b5-4+. The van der Waals surface area contributed by atoms with Crippen LogP contribution in [0.3, 0.4) is 0 Å². The number of halogens is 2. The molecule has 2 aromatic carbocycles. The maximum absolute atomic E-state index is 13.4. The summed E-state index contributed by atoms with van der Waals surface area (Å²) in [7, 11) is 5.34. The first kappa shape index (κ1) is 21.5. The molecule has 3 rings (SSSR count). The molecule has 0 aliphatic heterocycles. The van der Waals surface area contributed by atoms with Crippen LogP contribution in [0.5, 0.6) is 17.2 Å². The lowest BCUT2D eigenvalue weighted by molar-refractivity contribution is -0.111. The Morgan fingerprint density at radius 1 is 1.23 bits per heavy atom. The number of nitrogens with one attached hydrogen (secondary N) is 1. The summed E-state index contributed by atoms with van der Waals surface area (Å²) >= 11 is 5.84. The van der Waals surface area contributed by atoms with Gasteiger partial charge in [0.1, 0.15) is 23.1 Å². The molecular weight excluding hydrogens is 409 g/mol. The molecule has 0 spiro atoms. The predicted octanol–water partition coefficient (Wildman–Crippen LogP) is 4.88. The summed E-state index contributed by atoms with van der Waals surface area (Å²) in [4.78, 5) is 18.6. The van der Waals surface area contributed by atoms with Crippen molar-refractivity contribution in [2.24, 2.45) is 0 Å². The number of carbonyl (C=O) groups excluding carboxylic acids is 1. The largest absolute Gasteiger partial charge is 0.494 e. The van der Waals surface area contributed by atoms with Crippen LogP contribution in [-0.4, -0.2) is 43.5 Å². The number of aromatic nitrogens is 1. The van der Waals surface area contributed by atoms with Gasteiger partial charge in [-0.2, -0.15) is 0 Å². The zero-order valence-corrected chi connectivity index (χ0v) is 17.5. The minimum atomic E-state index is -0.527. The Kier molecular flexibility index (Phi) is 6.87. The van der Waals surface area contributed by atoms with Gasteiger partial charge in [-0.05, 0) is 38.4 Å². The molecule has 6 nitrogen and oxygen atoms in total. The van der Waals surface area contributed by atoms with Crippen molar-refractivity contribution in [1.29, 1.82) is 0 Å². The highest BCUT2D eigenvalue weighted by Gasteiger charge is 2.13. The molecule has 0 aliphatic rings. The lowest BCUT2D eigenvalue weighted by atomic mass is 10.1. The van der Waals surface area contributed by atoms with Gasteiger partial charge in [-0.1, -0.05) is 17.7 Å². The maximum Gasteiger partial charge on any atom is 0.248 e. The van der Waals surface area contributed by atoms with Gasteiger partial charge in [0, 0.05) is 36.3 Å². The third-order valence-electron chi connectivity index (χ3n) is 4.14. The van der Waals surface area contributed by atoms with Crippen LogP contribution in [0.2, 0.25) is 5.02 Å². The quantitative estimate of drug-likeness (QED) is 0.542. The molecule has 8 heteroatoms. The first-order chi connectivity index (χ1) is 14.4. The predicted molar refractivity (Wildman–Crippen MR) is 116 cm³/mol. The molecule has 1 aromatic heterocycles. The van der Waals surface area contributed by atoms with Crippen LogP contribution in [0, 0.1) is 5.82 Å². The Morgan fingerprint density at radius 2 is 2.03 bits per heavy atom. The van der Waals surface area contributed by atoms with Crippen molar-refractivity contribution in [3.05, 3.63) is 65.6 Å². The molecule has 0 saturated carbocycles. The highest BCUT2D eigenvalue weighted by atomic mass is 35.5. The number of amides is 1. The molecule has 30 heavy (non-hydrogen) atoms. The van der Waals surface area contributed by atoms with Gasteiger partial charge in [0.05, 0.1) is 23.3 Å². The number of anilines is 1. The van der Waals surface area contributed by atoms with E-state index in [1.165, 1.54) is 31.4 Å². The molecule has 3 aromatic rings. The molecule has 0 bridgehead atoms. The van der Waals surface area contributed by atoms with Gasteiger partial charge in [0.2, 0.25) is 5.91 Å². The van der Waals surface area contributed by atoms with Crippen LogP contribution in [0.1, 0.15) is 0 Å². The number of benzene rings is 2. The molecule has 1 heterocycles. The third-order valence-corrected chi connectivity index (χ3v) is 4.43. The van der Waals surface area contributed by atoms with E-state index in [1.54, 1.807) is 30.5 Å². The van der Waals surface area contributed by atoms with E-state index in [-0.39, 0.29) is 10.9 Å². The van der Waals surface area contributed by atoms with Gasteiger partial charge >= 0.3 is 0 Å². The van der Waals surface area contributed by atoms with Gasteiger partial charge in [-0.3, -0.25) is 9.78 Å². The minimum Gasteiger partial charge on any atom is -0.494 e. The summed E-state index contributed by atoms with van der Waals surface area (Å²) in [5.41, 5.74) is 1.08. The van der Waals surface area contributed by atoms with Gasteiger partial charge in [0.15, 0.2) is 0 Å². The van der Waals surface area contributed by atoms with E-state index in [2.05, 4.69) is 10.3 Å². The second-order valence-electron chi connectivity index (χ2n) is 6.71. The van der Waals surface area contributed by atoms with Crippen LogP contribution >= 0.6 is 11.6 Å². The number of carbonyl (C=O) groups is 1. The summed E-state index contributed by atoms with van der Waals surface area (Å²) in [6.07, 6.45) is 4.81. The number of likely N-dealkylation sites (N-methyl/N-ethyl adjacent to an activating group) is 1. The van der Waals surface area contributed by atoms with Crippen LogP contribution in [-0.2, 0) is 4.79 Å². The smallest absolute Gasteiger partial charge is 0.248 e. The molecule has 0 atom stereocenters. The Balaban J connectivity index is 1.94. The van der Waals surface area contributed by atoms with Crippen LogP contribution in [0.15, 0.2) is 54.7 Å². The van der Waals surface area contributed by atoms with Crippen molar-refractivity contribution in [1.82, 2.24) is 9.88 Å². The summed E-state index contributed by atoms with van der Waals surface area (Å²) in [5, 5.41) is 3.42. The van der Waals surface area contributed by atoms with Crippen molar-refractivity contribution >= 4 is 34.1 Å². The molecule has 1 amide bonds. The lowest BCUT2D eigenvalue weighted by Gasteiger charge is -2.13. The average Bonchev–Trinajstić information content (AvgIpc) is 2.70. The average molecular weight is 430 g/mol. The van der Waals surface area contributed by atoms with Gasteiger partial charge in [-0.25, -0.2) is 4.39 Å². The number of hydrogen-bond donors (Lipinski definition) is 1. The van der Waals surface area contributed by atoms with Crippen LogP contribution < -0.4 is 14.8 Å². The normalized spacial score (nSPS) is 11.3. The maximum atomic E-state index is 13.4. The Hall–Kier alpha value is -3.16. The van der Waals surface area contributed by atoms with Crippen molar-refractivity contribution in [2.75, 3.05) is 33.1 Å². The monoisotopic (exact) mass is 429 g/mol. The van der Waals surface area contributed by atoms with E-state index in [0.29, 0.717) is 40.4 Å². The number of ether oxygens (including phenoxy) is 2. The second-order valence-corrected chi connectivity index (χ2v) is 7.12. The first-order valence-corrected chi connectivity index (χ1v) is 9.47. The number of methoxy groups -OCH3 is 1. The van der Waals surface area contributed by atoms with E-state index >= 15 is 0 Å². The van der Waals surface area contributed by atoms with Crippen molar-refractivity contribution in [3.63, 3.8) is 0 Å². The Labute approximate surface area is 178 Å². The van der Waals surface area contributed by atoms with E-state index in [9.17, 15) is 9.18 Å². The zero-order valence-electron chi connectivity index (χ0n) is 16.8. The van der Waals surface area contributed by atoms with E-state index < -0.39 is 5.82 Å². The molecule has 0 radical (unpaired) electrons.